The van der Waals surface area contributed by atoms with E-state index in [9.17, 15) is 0 Å². The predicted octanol–water partition coefficient (Wildman–Crippen LogP) is 3.97. The molecule has 1 fully saturated rings. The van der Waals surface area contributed by atoms with E-state index in [0.717, 1.165) is 31.8 Å². The zero-order chi connectivity index (χ0) is 16.9. The minimum Gasteiger partial charge on any atom is -0.314 e. The Morgan fingerprint density at radius 3 is 2.09 bits per heavy atom. The molecule has 0 spiro atoms. The normalized spacial score (nSPS) is 19.0. The van der Waals surface area contributed by atoms with Crippen LogP contribution in [0.3, 0.4) is 0 Å². The van der Waals surface area contributed by atoms with Crippen LogP contribution in [0.4, 0.5) is 0 Å². The molecule has 0 aromatic heterocycles. The third-order valence-electron chi connectivity index (χ3n) is 3.65. The Balaban J connectivity index is 3.26. The topological polar surface area (TPSA) is 15.3 Å². The largest absolute Gasteiger partial charge is 0.314 e. The number of nitrogens with zero attached hydrogens (tertiary/aromatic N) is 1. The van der Waals surface area contributed by atoms with Crippen LogP contribution in [0.5, 0.6) is 0 Å². The summed E-state index contributed by atoms with van der Waals surface area (Å²) >= 11 is 0. The van der Waals surface area contributed by atoms with Crippen molar-refractivity contribution in [1.82, 2.24) is 10.2 Å². The summed E-state index contributed by atoms with van der Waals surface area (Å²) in [5, 5.41) is 3.40. The molecule has 1 aliphatic rings. The lowest BCUT2D eigenvalue weighted by Crippen LogP contribution is -2.49. The molecular formula is C21H28N2. The third kappa shape index (κ3) is 6.23. The van der Waals surface area contributed by atoms with Crippen molar-refractivity contribution >= 4 is 0 Å². The van der Waals surface area contributed by atoms with Crippen molar-refractivity contribution in [3.63, 3.8) is 0 Å². The van der Waals surface area contributed by atoms with E-state index in [1.165, 1.54) is 5.57 Å². The van der Waals surface area contributed by atoms with Crippen molar-refractivity contribution in [2.24, 2.45) is 0 Å². The zero-order valence-electron chi connectivity index (χ0n) is 14.0. The average Bonchev–Trinajstić information content (AvgIpc) is 2.59. The van der Waals surface area contributed by atoms with Gasteiger partial charge >= 0.3 is 0 Å². The smallest absolute Gasteiger partial charge is 0.0602 e. The predicted molar refractivity (Wildman–Crippen MR) is 103 cm³/mol. The van der Waals surface area contributed by atoms with Gasteiger partial charge in [-0.2, -0.15) is 0 Å². The quantitative estimate of drug-likeness (QED) is 0.648. The van der Waals surface area contributed by atoms with Crippen LogP contribution >= 0.6 is 0 Å². The Hall–Kier alpha value is -2.16. The first-order chi connectivity index (χ1) is 11.3. The lowest BCUT2D eigenvalue weighted by molar-refractivity contribution is 0.218. The van der Waals surface area contributed by atoms with Gasteiger partial charge in [-0.1, -0.05) is 87.1 Å². The molecule has 0 bridgehead atoms. The summed E-state index contributed by atoms with van der Waals surface area (Å²) in [6.07, 6.45) is 19.5. The molecule has 1 unspecified atom stereocenters. The van der Waals surface area contributed by atoms with E-state index < -0.39 is 0 Å². The number of hydrogen-bond donors (Lipinski definition) is 1. The number of allylic oxidation sites excluding steroid dienone is 8. The molecule has 1 atom stereocenters. The molecule has 0 saturated carbocycles. The maximum absolute atomic E-state index is 4.01. The van der Waals surface area contributed by atoms with E-state index in [-0.39, 0.29) is 6.04 Å². The molecule has 1 rings (SSSR count). The first-order valence-electron chi connectivity index (χ1n) is 7.96. The second kappa shape index (κ2) is 11.4. The van der Waals surface area contributed by atoms with Crippen molar-refractivity contribution in [3.8, 4) is 0 Å². The van der Waals surface area contributed by atoms with Crippen LogP contribution in [0.1, 0.15) is 0 Å². The molecule has 1 saturated heterocycles. The van der Waals surface area contributed by atoms with Gasteiger partial charge in [0.1, 0.15) is 0 Å². The minimum atomic E-state index is 0.151. The molecule has 0 aromatic carbocycles. The van der Waals surface area contributed by atoms with E-state index in [1.54, 1.807) is 12.2 Å². The lowest BCUT2D eigenvalue weighted by atomic mass is 9.94. The second-order valence-corrected chi connectivity index (χ2v) is 5.18. The van der Waals surface area contributed by atoms with Crippen LogP contribution in [0.2, 0.25) is 0 Å². The SMILES string of the molecule is C=C/C=C\C=C(/C=C)C(C(/C=C\C=C)=C/C=C)N1CCNCC1. The van der Waals surface area contributed by atoms with Crippen molar-refractivity contribution in [2.45, 2.75) is 6.04 Å². The summed E-state index contributed by atoms with van der Waals surface area (Å²) in [6, 6.07) is 0.151. The number of nitrogens with one attached hydrogen (secondary N) is 1. The molecule has 0 amide bonds. The molecule has 0 radical (unpaired) electrons. The zero-order valence-corrected chi connectivity index (χ0v) is 14.0. The minimum absolute atomic E-state index is 0.151. The standard InChI is InChI=1S/C21H28N2/c1-5-9-11-14-19(8-4)21(23-17-15-22-16-18-23)20(12-7-3)13-10-6-2/h5-14,21-22H,1-4,15-18H2/b11-9-,13-10-,19-14+,20-12+. The maximum Gasteiger partial charge on any atom is 0.0602 e. The highest BCUT2D eigenvalue weighted by Gasteiger charge is 2.24. The van der Waals surface area contributed by atoms with E-state index in [0.29, 0.717) is 0 Å². The molecule has 1 heterocycles. The Kier molecular flexibility index (Phi) is 9.37. The van der Waals surface area contributed by atoms with Gasteiger partial charge in [0.2, 0.25) is 0 Å². The average molecular weight is 308 g/mol. The van der Waals surface area contributed by atoms with Crippen molar-refractivity contribution in [1.29, 1.82) is 0 Å². The molecule has 0 aromatic rings. The Morgan fingerprint density at radius 1 is 0.826 bits per heavy atom. The molecular weight excluding hydrogens is 280 g/mol. The van der Waals surface area contributed by atoms with Crippen molar-refractivity contribution < 1.29 is 0 Å². The monoisotopic (exact) mass is 308 g/mol. The highest BCUT2D eigenvalue weighted by Crippen LogP contribution is 2.22. The van der Waals surface area contributed by atoms with Gasteiger partial charge in [-0.3, -0.25) is 4.90 Å². The summed E-state index contributed by atoms with van der Waals surface area (Å²) < 4.78 is 0. The first-order valence-corrected chi connectivity index (χ1v) is 7.96. The van der Waals surface area contributed by atoms with Gasteiger partial charge in [0.05, 0.1) is 6.04 Å². The van der Waals surface area contributed by atoms with Crippen LogP contribution in [0.15, 0.2) is 98.2 Å². The van der Waals surface area contributed by atoms with Gasteiger partial charge in [0.15, 0.2) is 0 Å². The number of hydrogen-bond acceptors (Lipinski definition) is 2. The summed E-state index contributed by atoms with van der Waals surface area (Å²) in [5.74, 6) is 0. The van der Waals surface area contributed by atoms with Gasteiger partial charge in [0.25, 0.3) is 0 Å². The van der Waals surface area contributed by atoms with E-state index in [1.807, 2.05) is 30.4 Å². The van der Waals surface area contributed by atoms with Crippen LogP contribution in [-0.4, -0.2) is 37.1 Å². The third-order valence-corrected chi connectivity index (χ3v) is 3.65. The summed E-state index contributed by atoms with van der Waals surface area (Å²) in [6.45, 7) is 19.3. The fourth-order valence-corrected chi connectivity index (χ4v) is 2.62. The molecule has 2 nitrogen and oxygen atoms in total. The Labute approximate surface area is 141 Å². The van der Waals surface area contributed by atoms with Crippen molar-refractivity contribution in [3.05, 3.63) is 98.2 Å². The molecule has 1 N–H and O–H groups in total. The second-order valence-electron chi connectivity index (χ2n) is 5.18. The highest BCUT2D eigenvalue weighted by molar-refractivity contribution is 5.42. The molecule has 1 aliphatic heterocycles. The molecule has 0 aliphatic carbocycles. The van der Waals surface area contributed by atoms with Crippen molar-refractivity contribution in [2.75, 3.05) is 26.2 Å². The maximum atomic E-state index is 4.01. The van der Waals surface area contributed by atoms with Gasteiger partial charge < -0.3 is 5.32 Å². The van der Waals surface area contributed by atoms with E-state index in [4.69, 9.17) is 0 Å². The molecule has 23 heavy (non-hydrogen) atoms. The first kappa shape index (κ1) is 18.9. The molecule has 122 valence electrons. The number of piperazine rings is 1. The van der Waals surface area contributed by atoms with Crippen LogP contribution < -0.4 is 5.32 Å². The number of rotatable bonds is 9. The van der Waals surface area contributed by atoms with Gasteiger partial charge in [-0.05, 0) is 11.1 Å². The Morgan fingerprint density at radius 2 is 1.52 bits per heavy atom. The Bertz CT molecular complexity index is 526. The fraction of sp³-hybridized carbons (Fsp3) is 0.238. The van der Waals surface area contributed by atoms with Gasteiger partial charge in [-0.15, -0.1) is 0 Å². The van der Waals surface area contributed by atoms with Gasteiger partial charge in [0, 0.05) is 26.2 Å². The summed E-state index contributed by atoms with van der Waals surface area (Å²) in [4.78, 5) is 2.47. The summed E-state index contributed by atoms with van der Waals surface area (Å²) in [7, 11) is 0. The fourth-order valence-electron chi connectivity index (χ4n) is 2.62. The van der Waals surface area contributed by atoms with E-state index in [2.05, 4.69) is 54.8 Å². The molecule has 2 heteroatoms. The van der Waals surface area contributed by atoms with Crippen LogP contribution in [-0.2, 0) is 0 Å². The van der Waals surface area contributed by atoms with Crippen LogP contribution in [0, 0.1) is 0 Å². The lowest BCUT2D eigenvalue weighted by Gasteiger charge is -2.36. The summed E-state index contributed by atoms with van der Waals surface area (Å²) in [5.41, 5.74) is 2.34. The van der Waals surface area contributed by atoms with Gasteiger partial charge in [-0.25, -0.2) is 0 Å². The van der Waals surface area contributed by atoms with Crippen LogP contribution in [0.25, 0.3) is 0 Å². The highest BCUT2D eigenvalue weighted by atomic mass is 15.2. The van der Waals surface area contributed by atoms with E-state index >= 15 is 0 Å².